The number of primary amides is 1. The van der Waals surface area contributed by atoms with Gasteiger partial charge in [-0.25, -0.2) is 4.79 Å². The lowest BCUT2D eigenvalue weighted by Crippen LogP contribution is -2.50. The molecule has 0 bridgehead atoms. The summed E-state index contributed by atoms with van der Waals surface area (Å²) >= 11 is 0. The zero-order valence-corrected chi connectivity index (χ0v) is 17.3. The van der Waals surface area contributed by atoms with Crippen LogP contribution in [0.5, 0.6) is 0 Å². The summed E-state index contributed by atoms with van der Waals surface area (Å²) in [5.41, 5.74) is 9.74. The second-order valence-corrected chi connectivity index (χ2v) is 8.19. The molecule has 0 atom stereocenters. The van der Waals surface area contributed by atoms with Crippen LogP contribution in [0.15, 0.2) is 77.2 Å². The van der Waals surface area contributed by atoms with Crippen LogP contribution in [0, 0.1) is 0 Å². The summed E-state index contributed by atoms with van der Waals surface area (Å²) in [5.74, 6) is 0.197. The van der Waals surface area contributed by atoms with Gasteiger partial charge in [-0.15, -0.1) is 0 Å². The number of amides is 2. The number of hydrogen-bond acceptors (Lipinski definition) is 3. The van der Waals surface area contributed by atoms with Crippen molar-refractivity contribution in [1.29, 1.82) is 0 Å². The Hall–Kier alpha value is -4.06. The Kier molecular flexibility index (Phi) is 4.70. The van der Waals surface area contributed by atoms with E-state index in [1.165, 1.54) is 0 Å². The van der Waals surface area contributed by atoms with Crippen molar-refractivity contribution in [1.82, 2.24) is 5.32 Å². The summed E-state index contributed by atoms with van der Waals surface area (Å²) in [5, 5.41) is 12.8. The monoisotopic (exact) mass is 426 g/mol. The first-order chi connectivity index (χ1) is 15.5. The van der Waals surface area contributed by atoms with E-state index < -0.39 is 17.5 Å². The van der Waals surface area contributed by atoms with Gasteiger partial charge in [0.05, 0.1) is 5.54 Å². The van der Waals surface area contributed by atoms with E-state index in [0.29, 0.717) is 16.9 Å². The molecule has 1 saturated carbocycles. The predicted molar refractivity (Wildman–Crippen MR) is 122 cm³/mol. The van der Waals surface area contributed by atoms with Crippen molar-refractivity contribution in [2.24, 2.45) is 5.73 Å². The van der Waals surface area contributed by atoms with Crippen LogP contribution in [0.3, 0.4) is 0 Å². The van der Waals surface area contributed by atoms with Crippen LogP contribution in [0.4, 0.5) is 4.79 Å². The van der Waals surface area contributed by atoms with Crippen molar-refractivity contribution in [3.8, 4) is 22.5 Å². The molecule has 6 heteroatoms. The van der Waals surface area contributed by atoms with Gasteiger partial charge >= 0.3 is 6.09 Å². The molecule has 0 saturated heterocycles. The fraction of sp³-hybridized carbons (Fsp3) is 0.154. The summed E-state index contributed by atoms with van der Waals surface area (Å²) in [6, 6.07) is 22.9. The summed E-state index contributed by atoms with van der Waals surface area (Å²) < 4.78 is 6.24. The van der Waals surface area contributed by atoms with Gasteiger partial charge in [0, 0.05) is 22.1 Å². The molecule has 1 fully saturated rings. The van der Waals surface area contributed by atoms with E-state index in [9.17, 15) is 14.7 Å². The molecule has 4 N–H and O–H groups in total. The minimum Gasteiger partial charge on any atom is -0.465 e. The van der Waals surface area contributed by atoms with Gasteiger partial charge in [-0.2, -0.15) is 0 Å². The van der Waals surface area contributed by atoms with Crippen LogP contribution in [0.2, 0.25) is 0 Å². The highest BCUT2D eigenvalue weighted by Crippen LogP contribution is 2.44. The third kappa shape index (κ3) is 3.30. The van der Waals surface area contributed by atoms with E-state index in [1.807, 2.05) is 54.6 Å². The first-order valence-electron chi connectivity index (χ1n) is 10.5. The molecule has 1 aliphatic carbocycles. The molecule has 0 aliphatic heterocycles. The Morgan fingerprint density at radius 1 is 0.938 bits per heavy atom. The van der Waals surface area contributed by atoms with E-state index in [1.54, 1.807) is 18.2 Å². The average Bonchev–Trinajstić information content (AvgIpc) is 3.15. The quantitative estimate of drug-likeness (QED) is 0.391. The minimum atomic E-state index is -1.01. The lowest BCUT2D eigenvalue weighted by atomic mass is 9.72. The molecule has 32 heavy (non-hydrogen) atoms. The first-order valence-corrected chi connectivity index (χ1v) is 10.5. The fourth-order valence-electron chi connectivity index (χ4n) is 4.51. The van der Waals surface area contributed by atoms with Crippen molar-refractivity contribution < 1.29 is 19.1 Å². The summed E-state index contributed by atoms with van der Waals surface area (Å²) in [4.78, 5) is 23.0. The molecule has 160 valence electrons. The zero-order chi connectivity index (χ0) is 22.3. The second kappa shape index (κ2) is 7.57. The molecule has 1 heterocycles. The SMILES string of the molecule is NC(=O)c1ccc2oc(-c3ccc(C4(NC(=O)O)CCC4)cc3)c(-c3ccccc3)c2c1. The van der Waals surface area contributed by atoms with Gasteiger partial charge in [0.15, 0.2) is 0 Å². The first kappa shape index (κ1) is 19.9. The Balaban J connectivity index is 1.64. The van der Waals surface area contributed by atoms with E-state index in [0.717, 1.165) is 46.9 Å². The van der Waals surface area contributed by atoms with Crippen molar-refractivity contribution in [2.75, 3.05) is 0 Å². The van der Waals surface area contributed by atoms with E-state index in [4.69, 9.17) is 10.2 Å². The highest BCUT2D eigenvalue weighted by atomic mass is 16.4. The summed E-state index contributed by atoms with van der Waals surface area (Å²) in [6.07, 6.45) is 1.55. The third-order valence-electron chi connectivity index (χ3n) is 6.29. The van der Waals surface area contributed by atoms with E-state index in [2.05, 4.69) is 5.32 Å². The molecule has 0 unspecified atom stereocenters. The van der Waals surface area contributed by atoms with Crippen LogP contribution in [0.1, 0.15) is 35.2 Å². The number of carbonyl (C=O) groups is 2. The van der Waals surface area contributed by atoms with Crippen molar-refractivity contribution in [2.45, 2.75) is 24.8 Å². The van der Waals surface area contributed by atoms with Gasteiger partial charge in [-0.3, -0.25) is 4.79 Å². The number of hydrogen-bond donors (Lipinski definition) is 3. The van der Waals surface area contributed by atoms with Crippen LogP contribution >= 0.6 is 0 Å². The highest BCUT2D eigenvalue weighted by Gasteiger charge is 2.40. The Bertz CT molecular complexity index is 1320. The molecule has 5 rings (SSSR count). The predicted octanol–water partition coefficient (Wildman–Crippen LogP) is 5.51. The number of carboxylic acid groups (broad SMARTS) is 1. The maximum atomic E-state index is 11.8. The normalized spacial score (nSPS) is 14.6. The Morgan fingerprint density at radius 2 is 1.66 bits per heavy atom. The number of nitrogens with two attached hydrogens (primary N) is 1. The molecule has 3 aromatic carbocycles. The van der Waals surface area contributed by atoms with Crippen molar-refractivity contribution >= 4 is 23.0 Å². The second-order valence-electron chi connectivity index (χ2n) is 8.19. The number of furan rings is 1. The van der Waals surface area contributed by atoms with Gasteiger partial charge in [-0.05, 0) is 48.6 Å². The molecular formula is C26H22N2O4. The zero-order valence-electron chi connectivity index (χ0n) is 17.3. The molecule has 1 aliphatic rings. The van der Waals surface area contributed by atoms with Crippen LogP contribution in [-0.2, 0) is 5.54 Å². The number of carbonyl (C=O) groups excluding carboxylic acids is 1. The van der Waals surface area contributed by atoms with Crippen LogP contribution in [-0.4, -0.2) is 17.1 Å². The van der Waals surface area contributed by atoms with Gasteiger partial charge in [0.25, 0.3) is 0 Å². The number of benzene rings is 3. The molecule has 2 amide bonds. The van der Waals surface area contributed by atoms with Gasteiger partial charge in [-0.1, -0.05) is 54.6 Å². The van der Waals surface area contributed by atoms with E-state index >= 15 is 0 Å². The molecule has 0 spiro atoms. The van der Waals surface area contributed by atoms with Crippen LogP contribution < -0.4 is 11.1 Å². The molecule has 4 aromatic rings. The molecule has 6 nitrogen and oxygen atoms in total. The molecule has 1 aromatic heterocycles. The van der Waals surface area contributed by atoms with Gasteiger partial charge in [0.1, 0.15) is 11.3 Å². The lowest BCUT2D eigenvalue weighted by Gasteiger charge is -2.42. The van der Waals surface area contributed by atoms with E-state index in [-0.39, 0.29) is 0 Å². The third-order valence-corrected chi connectivity index (χ3v) is 6.29. The lowest BCUT2D eigenvalue weighted by molar-refractivity contribution is 0.1000. The van der Waals surface area contributed by atoms with Gasteiger partial charge in [0.2, 0.25) is 5.91 Å². The van der Waals surface area contributed by atoms with Crippen molar-refractivity contribution in [3.05, 3.63) is 83.9 Å². The Morgan fingerprint density at radius 3 is 2.25 bits per heavy atom. The van der Waals surface area contributed by atoms with Gasteiger partial charge < -0.3 is 20.6 Å². The minimum absolute atomic E-state index is 0.420. The number of nitrogens with one attached hydrogen (secondary N) is 1. The average molecular weight is 426 g/mol. The summed E-state index contributed by atoms with van der Waals surface area (Å²) in [6.45, 7) is 0. The fourth-order valence-corrected chi connectivity index (χ4v) is 4.51. The maximum Gasteiger partial charge on any atom is 0.405 e. The van der Waals surface area contributed by atoms with Crippen molar-refractivity contribution in [3.63, 3.8) is 0 Å². The van der Waals surface area contributed by atoms with Crippen LogP contribution in [0.25, 0.3) is 33.4 Å². The largest absolute Gasteiger partial charge is 0.465 e. The molecule has 0 radical (unpaired) electrons. The standard InChI is InChI=1S/C26H22N2O4/c27-24(29)18-9-12-21-20(15-18)22(16-5-2-1-3-6-16)23(32-21)17-7-10-19(11-8-17)26(13-4-14-26)28-25(30)31/h1-3,5-12,15,28H,4,13-14H2,(H2,27,29)(H,30,31). The summed E-state index contributed by atoms with van der Waals surface area (Å²) in [7, 11) is 0. The number of fused-ring (bicyclic) bond motifs is 1. The molecular weight excluding hydrogens is 404 g/mol. The highest BCUT2D eigenvalue weighted by molar-refractivity contribution is 6.05. The Labute approximate surface area is 184 Å². The maximum absolute atomic E-state index is 11.8. The smallest absolute Gasteiger partial charge is 0.405 e. The topological polar surface area (TPSA) is 106 Å². The number of rotatable bonds is 5.